The van der Waals surface area contributed by atoms with Crippen LogP contribution in [0.5, 0.6) is 0 Å². The SMILES string of the molecule is O=C(/C=C/c1ccccc1)NC[C@@H](c1ccsc1)N1CCC1. The van der Waals surface area contributed by atoms with Crippen LogP contribution >= 0.6 is 11.3 Å². The molecular weight excluding hydrogens is 292 g/mol. The van der Waals surface area contributed by atoms with Crippen molar-refractivity contribution in [1.82, 2.24) is 10.2 Å². The van der Waals surface area contributed by atoms with Gasteiger partial charge in [-0.05, 0) is 40.5 Å². The van der Waals surface area contributed by atoms with Crippen molar-refractivity contribution in [2.24, 2.45) is 0 Å². The number of likely N-dealkylation sites (tertiary alicyclic amines) is 1. The topological polar surface area (TPSA) is 32.3 Å². The lowest BCUT2D eigenvalue weighted by atomic mass is 10.0. The predicted octanol–water partition coefficient (Wildman–Crippen LogP) is 3.32. The Hall–Kier alpha value is -1.91. The Morgan fingerprint density at radius 2 is 2.09 bits per heavy atom. The fourth-order valence-corrected chi connectivity index (χ4v) is 3.27. The second-order valence-electron chi connectivity index (χ2n) is 5.45. The summed E-state index contributed by atoms with van der Waals surface area (Å²) in [5, 5.41) is 7.30. The number of amides is 1. The zero-order valence-electron chi connectivity index (χ0n) is 12.4. The van der Waals surface area contributed by atoms with E-state index in [-0.39, 0.29) is 5.91 Å². The van der Waals surface area contributed by atoms with Crippen molar-refractivity contribution < 1.29 is 4.79 Å². The van der Waals surface area contributed by atoms with Crippen LogP contribution in [0.4, 0.5) is 0 Å². The lowest BCUT2D eigenvalue weighted by Gasteiger charge is -2.38. The van der Waals surface area contributed by atoms with Crippen molar-refractivity contribution in [3.63, 3.8) is 0 Å². The zero-order chi connectivity index (χ0) is 15.2. The molecule has 0 aliphatic carbocycles. The van der Waals surface area contributed by atoms with Gasteiger partial charge in [0.15, 0.2) is 0 Å². The number of benzene rings is 1. The number of carbonyl (C=O) groups is 1. The van der Waals surface area contributed by atoms with Gasteiger partial charge in [-0.25, -0.2) is 0 Å². The molecule has 0 saturated carbocycles. The molecule has 1 aliphatic heterocycles. The molecule has 3 nitrogen and oxygen atoms in total. The first kappa shape index (κ1) is 15.0. The summed E-state index contributed by atoms with van der Waals surface area (Å²) in [6.07, 6.45) is 4.71. The predicted molar refractivity (Wildman–Crippen MR) is 91.7 cm³/mol. The van der Waals surface area contributed by atoms with Crippen LogP contribution in [0.3, 0.4) is 0 Å². The third-order valence-corrected chi connectivity index (χ3v) is 4.66. The molecule has 1 fully saturated rings. The average molecular weight is 312 g/mol. The maximum Gasteiger partial charge on any atom is 0.244 e. The molecule has 1 atom stereocenters. The maximum absolute atomic E-state index is 12.0. The molecule has 4 heteroatoms. The van der Waals surface area contributed by atoms with Crippen molar-refractivity contribution in [3.8, 4) is 0 Å². The van der Waals surface area contributed by atoms with E-state index >= 15 is 0 Å². The molecule has 22 heavy (non-hydrogen) atoms. The van der Waals surface area contributed by atoms with Gasteiger partial charge in [-0.2, -0.15) is 11.3 Å². The molecule has 1 saturated heterocycles. The summed E-state index contributed by atoms with van der Waals surface area (Å²) >= 11 is 1.71. The van der Waals surface area contributed by atoms with Crippen molar-refractivity contribution in [3.05, 3.63) is 64.4 Å². The molecule has 3 rings (SSSR count). The van der Waals surface area contributed by atoms with E-state index < -0.39 is 0 Å². The van der Waals surface area contributed by atoms with Gasteiger partial charge in [-0.1, -0.05) is 30.3 Å². The zero-order valence-corrected chi connectivity index (χ0v) is 13.3. The first-order chi connectivity index (χ1) is 10.8. The number of hydrogen-bond donors (Lipinski definition) is 1. The van der Waals surface area contributed by atoms with E-state index in [4.69, 9.17) is 0 Å². The maximum atomic E-state index is 12.0. The highest BCUT2D eigenvalue weighted by Crippen LogP contribution is 2.26. The molecule has 0 unspecified atom stereocenters. The molecule has 1 N–H and O–H groups in total. The summed E-state index contributed by atoms with van der Waals surface area (Å²) in [6, 6.07) is 12.3. The summed E-state index contributed by atoms with van der Waals surface area (Å²) < 4.78 is 0. The molecule has 114 valence electrons. The van der Waals surface area contributed by atoms with Crippen molar-refractivity contribution in [2.45, 2.75) is 12.5 Å². The molecule has 0 spiro atoms. The number of thiophene rings is 1. The molecule has 2 heterocycles. The van der Waals surface area contributed by atoms with Crippen LogP contribution in [0.1, 0.15) is 23.6 Å². The quantitative estimate of drug-likeness (QED) is 0.830. The highest BCUT2D eigenvalue weighted by molar-refractivity contribution is 7.07. The van der Waals surface area contributed by atoms with Gasteiger partial charge in [0.2, 0.25) is 5.91 Å². The Balaban J connectivity index is 1.55. The average Bonchev–Trinajstić information content (AvgIpc) is 3.02. The smallest absolute Gasteiger partial charge is 0.244 e. The van der Waals surface area contributed by atoms with Crippen LogP contribution in [-0.4, -0.2) is 30.4 Å². The van der Waals surface area contributed by atoms with Gasteiger partial charge >= 0.3 is 0 Å². The van der Waals surface area contributed by atoms with E-state index in [1.54, 1.807) is 17.4 Å². The Labute approximate surface area is 135 Å². The van der Waals surface area contributed by atoms with Gasteiger partial charge < -0.3 is 5.32 Å². The van der Waals surface area contributed by atoms with Crippen LogP contribution in [-0.2, 0) is 4.79 Å². The van der Waals surface area contributed by atoms with Gasteiger partial charge in [0.1, 0.15) is 0 Å². The molecule has 1 aromatic carbocycles. The summed E-state index contributed by atoms with van der Waals surface area (Å²) in [6.45, 7) is 2.90. The van der Waals surface area contributed by atoms with Gasteiger partial charge in [0.05, 0.1) is 6.04 Å². The lowest BCUT2D eigenvalue weighted by Crippen LogP contribution is -2.44. The largest absolute Gasteiger partial charge is 0.351 e. The van der Waals surface area contributed by atoms with E-state index in [1.807, 2.05) is 36.4 Å². The highest BCUT2D eigenvalue weighted by Gasteiger charge is 2.25. The van der Waals surface area contributed by atoms with E-state index in [1.165, 1.54) is 12.0 Å². The Morgan fingerprint density at radius 1 is 1.27 bits per heavy atom. The lowest BCUT2D eigenvalue weighted by molar-refractivity contribution is -0.116. The molecule has 0 bridgehead atoms. The van der Waals surface area contributed by atoms with Crippen molar-refractivity contribution in [2.75, 3.05) is 19.6 Å². The van der Waals surface area contributed by atoms with Crippen LogP contribution < -0.4 is 5.32 Å². The first-order valence-corrected chi connectivity index (χ1v) is 8.54. The normalized spacial score (nSPS) is 16.4. The minimum Gasteiger partial charge on any atom is -0.351 e. The number of nitrogens with zero attached hydrogens (tertiary/aromatic N) is 1. The van der Waals surface area contributed by atoms with Crippen LogP contribution in [0.25, 0.3) is 6.08 Å². The van der Waals surface area contributed by atoms with E-state index in [2.05, 4.69) is 27.0 Å². The highest BCUT2D eigenvalue weighted by atomic mass is 32.1. The van der Waals surface area contributed by atoms with Crippen LogP contribution in [0, 0.1) is 0 Å². The van der Waals surface area contributed by atoms with E-state index in [0.29, 0.717) is 12.6 Å². The third kappa shape index (κ3) is 3.84. The standard InChI is InChI=1S/C18H20N2OS/c21-18(8-7-15-5-2-1-3-6-15)19-13-17(20-10-4-11-20)16-9-12-22-14-16/h1-3,5-9,12,14,17H,4,10-11,13H2,(H,19,21)/b8-7+/t17-/m0/s1. The minimum absolute atomic E-state index is 0.0374. The van der Waals surface area contributed by atoms with Gasteiger partial charge in [0, 0.05) is 25.7 Å². The van der Waals surface area contributed by atoms with Crippen LogP contribution in [0.15, 0.2) is 53.2 Å². The number of rotatable bonds is 6. The Bertz CT molecular complexity index is 618. The fourth-order valence-electron chi connectivity index (χ4n) is 2.57. The summed E-state index contributed by atoms with van der Waals surface area (Å²) in [4.78, 5) is 14.4. The van der Waals surface area contributed by atoms with E-state index in [0.717, 1.165) is 18.7 Å². The summed E-state index contributed by atoms with van der Waals surface area (Å²) in [5.41, 5.74) is 2.34. The monoisotopic (exact) mass is 312 g/mol. The molecule has 0 radical (unpaired) electrons. The van der Waals surface area contributed by atoms with Gasteiger partial charge in [0.25, 0.3) is 0 Å². The summed E-state index contributed by atoms with van der Waals surface area (Å²) in [7, 11) is 0. The number of nitrogens with one attached hydrogen (secondary N) is 1. The molecular formula is C18H20N2OS. The number of hydrogen-bond acceptors (Lipinski definition) is 3. The van der Waals surface area contributed by atoms with Crippen molar-refractivity contribution in [1.29, 1.82) is 0 Å². The molecule has 1 aliphatic rings. The third-order valence-electron chi connectivity index (χ3n) is 3.96. The second kappa shape index (κ2) is 7.38. The summed E-state index contributed by atoms with van der Waals surface area (Å²) in [5.74, 6) is -0.0374. The Kier molecular flexibility index (Phi) is 5.03. The fraction of sp³-hybridized carbons (Fsp3) is 0.278. The molecule has 2 aromatic rings. The molecule has 1 aromatic heterocycles. The second-order valence-corrected chi connectivity index (χ2v) is 6.23. The van der Waals surface area contributed by atoms with Crippen molar-refractivity contribution >= 4 is 23.3 Å². The van der Waals surface area contributed by atoms with Gasteiger partial charge in [-0.15, -0.1) is 0 Å². The number of carbonyl (C=O) groups excluding carboxylic acids is 1. The first-order valence-electron chi connectivity index (χ1n) is 7.60. The Morgan fingerprint density at radius 3 is 2.73 bits per heavy atom. The molecule has 1 amide bonds. The van der Waals surface area contributed by atoms with E-state index in [9.17, 15) is 4.79 Å². The minimum atomic E-state index is -0.0374. The van der Waals surface area contributed by atoms with Crippen LogP contribution in [0.2, 0.25) is 0 Å². The van der Waals surface area contributed by atoms with Gasteiger partial charge in [-0.3, -0.25) is 9.69 Å².